The Morgan fingerprint density at radius 1 is 1.57 bits per heavy atom. The topological polar surface area (TPSA) is 87.6 Å². The smallest absolute Gasteiger partial charge is 0.221 e. The van der Waals surface area contributed by atoms with Crippen LogP contribution in [0.5, 0.6) is 0 Å². The van der Waals surface area contributed by atoms with Gasteiger partial charge in [0, 0.05) is 31.5 Å². The van der Waals surface area contributed by atoms with Crippen molar-refractivity contribution in [1.82, 2.24) is 10.6 Å². The van der Waals surface area contributed by atoms with Crippen molar-refractivity contribution in [2.24, 2.45) is 4.99 Å². The second kappa shape index (κ2) is 8.13. The normalized spacial score (nSPS) is 16.8. The molecule has 0 aromatic heterocycles. The maximum Gasteiger partial charge on any atom is 0.221 e. The monoisotopic (exact) mass is 307 g/mol. The number of terminal acetylenes is 1. The number of amides is 1. The molecule has 1 amide bonds. The largest absolute Gasteiger partial charge is 0.356 e. The first kappa shape index (κ1) is 16.8. The third-order valence-electron chi connectivity index (χ3n) is 2.46. The Morgan fingerprint density at radius 2 is 2.33 bits per heavy atom. The Hall–Kier alpha value is -2.25. The Balaban J connectivity index is 2.31. The van der Waals surface area contributed by atoms with Gasteiger partial charge < -0.3 is 10.6 Å². The Labute approximate surface area is 125 Å². The van der Waals surface area contributed by atoms with Crippen LogP contribution in [0.15, 0.2) is 16.8 Å². The lowest BCUT2D eigenvalue weighted by Crippen LogP contribution is -2.33. The molecule has 7 heteroatoms. The van der Waals surface area contributed by atoms with Gasteiger partial charge in [0.1, 0.15) is 0 Å². The zero-order chi connectivity index (χ0) is 15.7. The first-order valence-electron chi connectivity index (χ1n) is 6.31. The summed E-state index contributed by atoms with van der Waals surface area (Å²) in [7, 11) is -3.26. The molecule has 0 saturated carbocycles. The van der Waals surface area contributed by atoms with Gasteiger partial charge >= 0.3 is 0 Å². The number of unbranched alkanes of at least 4 members (excludes halogenated alkanes) is 1. The standard InChI is InChI=1S/C14H17N3O3S/c1-3-9-15-13(18)8-6-4-5-7-12-10-16-14(17-11-12)21(2,19)20/h1,10-11,14,16H,4,6,8-9H2,2H3,(H,15,18). The molecule has 1 aliphatic rings. The SMILES string of the molecule is C#CCNC(=O)CCCC#CC1=CNC(S(C)(=O)=O)N=C1. The fourth-order valence-corrected chi connectivity index (χ4v) is 2.03. The summed E-state index contributed by atoms with van der Waals surface area (Å²) in [4.78, 5) is 15.1. The molecule has 0 radical (unpaired) electrons. The molecule has 0 aliphatic carbocycles. The molecule has 0 bridgehead atoms. The Morgan fingerprint density at radius 3 is 2.90 bits per heavy atom. The second-order valence-corrected chi connectivity index (χ2v) is 6.47. The van der Waals surface area contributed by atoms with E-state index in [-0.39, 0.29) is 12.5 Å². The quantitative estimate of drug-likeness (QED) is 0.544. The highest BCUT2D eigenvalue weighted by molar-refractivity contribution is 7.91. The molecular weight excluding hydrogens is 290 g/mol. The first-order chi connectivity index (χ1) is 9.93. The number of nitrogens with one attached hydrogen (secondary N) is 2. The summed E-state index contributed by atoms with van der Waals surface area (Å²) in [6.07, 6.45) is 10.6. The van der Waals surface area contributed by atoms with Gasteiger partial charge in [-0.1, -0.05) is 17.8 Å². The number of hydrogen-bond acceptors (Lipinski definition) is 5. The summed E-state index contributed by atoms with van der Waals surface area (Å²) in [6.45, 7) is 0.237. The van der Waals surface area contributed by atoms with Crippen LogP contribution in [-0.2, 0) is 14.6 Å². The Kier molecular flexibility index (Phi) is 6.51. The lowest BCUT2D eigenvalue weighted by Gasteiger charge is -2.13. The second-order valence-electron chi connectivity index (χ2n) is 4.36. The molecule has 6 nitrogen and oxygen atoms in total. The molecule has 0 aromatic carbocycles. The highest BCUT2D eigenvalue weighted by atomic mass is 32.2. The van der Waals surface area contributed by atoms with Crippen LogP contribution in [0.2, 0.25) is 0 Å². The fourth-order valence-electron chi connectivity index (χ4n) is 1.43. The van der Waals surface area contributed by atoms with Crippen molar-refractivity contribution in [3.05, 3.63) is 11.8 Å². The van der Waals surface area contributed by atoms with Gasteiger partial charge in [-0.2, -0.15) is 0 Å². The maximum atomic E-state index is 11.2. The summed E-state index contributed by atoms with van der Waals surface area (Å²) >= 11 is 0. The van der Waals surface area contributed by atoms with E-state index in [1.165, 1.54) is 12.4 Å². The van der Waals surface area contributed by atoms with E-state index in [9.17, 15) is 13.2 Å². The average Bonchev–Trinajstić information content (AvgIpc) is 2.44. The first-order valence-corrected chi connectivity index (χ1v) is 8.26. The number of carbonyl (C=O) groups excluding carboxylic acids is 1. The van der Waals surface area contributed by atoms with E-state index in [1.54, 1.807) is 0 Å². The molecule has 21 heavy (non-hydrogen) atoms. The molecular formula is C14H17N3O3S. The van der Waals surface area contributed by atoms with E-state index < -0.39 is 15.3 Å². The molecule has 0 fully saturated rings. The molecule has 0 saturated heterocycles. The number of rotatable bonds is 5. The highest BCUT2D eigenvalue weighted by Gasteiger charge is 2.18. The minimum atomic E-state index is -3.26. The molecule has 112 valence electrons. The lowest BCUT2D eigenvalue weighted by atomic mass is 10.2. The summed E-state index contributed by atoms with van der Waals surface area (Å²) < 4.78 is 22.5. The molecule has 2 N–H and O–H groups in total. The van der Waals surface area contributed by atoms with Crippen LogP contribution in [0.1, 0.15) is 19.3 Å². The third-order valence-corrected chi connectivity index (χ3v) is 3.53. The van der Waals surface area contributed by atoms with Gasteiger partial charge in [-0.15, -0.1) is 6.42 Å². The van der Waals surface area contributed by atoms with Crippen molar-refractivity contribution in [2.45, 2.75) is 24.8 Å². The predicted octanol–water partition coefficient (Wildman–Crippen LogP) is -0.204. The minimum Gasteiger partial charge on any atom is -0.356 e. The van der Waals surface area contributed by atoms with E-state index in [0.717, 1.165) is 6.26 Å². The zero-order valence-corrected chi connectivity index (χ0v) is 12.5. The van der Waals surface area contributed by atoms with Crippen LogP contribution in [0, 0.1) is 24.2 Å². The third kappa shape index (κ3) is 6.64. The summed E-state index contributed by atoms with van der Waals surface area (Å²) in [5.74, 6) is 7.99. The fraction of sp³-hybridized carbons (Fsp3) is 0.429. The van der Waals surface area contributed by atoms with Crippen molar-refractivity contribution >= 4 is 22.0 Å². The van der Waals surface area contributed by atoms with Gasteiger partial charge in [-0.05, 0) is 6.42 Å². The van der Waals surface area contributed by atoms with Crippen LogP contribution in [0.25, 0.3) is 0 Å². The number of hydrogen-bond donors (Lipinski definition) is 2. The van der Waals surface area contributed by atoms with Crippen LogP contribution in [0.3, 0.4) is 0 Å². The van der Waals surface area contributed by atoms with Crippen molar-refractivity contribution in [3.63, 3.8) is 0 Å². The molecule has 1 atom stereocenters. The number of allylic oxidation sites excluding steroid dienone is 1. The summed E-state index contributed by atoms with van der Waals surface area (Å²) in [6, 6.07) is 0. The predicted molar refractivity (Wildman–Crippen MR) is 81.8 cm³/mol. The highest BCUT2D eigenvalue weighted by Crippen LogP contribution is 2.03. The van der Waals surface area contributed by atoms with E-state index in [0.29, 0.717) is 24.8 Å². The van der Waals surface area contributed by atoms with Crippen LogP contribution < -0.4 is 10.6 Å². The van der Waals surface area contributed by atoms with Crippen molar-refractivity contribution in [3.8, 4) is 24.2 Å². The Bertz CT molecular complexity index is 645. The van der Waals surface area contributed by atoms with Gasteiger partial charge in [0.2, 0.25) is 11.4 Å². The van der Waals surface area contributed by atoms with Crippen molar-refractivity contribution < 1.29 is 13.2 Å². The van der Waals surface area contributed by atoms with E-state index >= 15 is 0 Å². The van der Waals surface area contributed by atoms with E-state index in [1.807, 2.05) is 0 Å². The lowest BCUT2D eigenvalue weighted by molar-refractivity contribution is -0.120. The molecule has 0 aromatic rings. The van der Waals surface area contributed by atoms with Gasteiger partial charge in [-0.3, -0.25) is 9.79 Å². The van der Waals surface area contributed by atoms with Crippen LogP contribution >= 0.6 is 0 Å². The molecule has 1 unspecified atom stereocenters. The van der Waals surface area contributed by atoms with E-state index in [2.05, 4.69) is 33.4 Å². The van der Waals surface area contributed by atoms with Gasteiger partial charge in [0.15, 0.2) is 9.84 Å². The van der Waals surface area contributed by atoms with Crippen LogP contribution in [-0.4, -0.2) is 38.8 Å². The molecule has 1 aliphatic heterocycles. The van der Waals surface area contributed by atoms with Crippen molar-refractivity contribution in [1.29, 1.82) is 0 Å². The number of carbonyl (C=O) groups is 1. The van der Waals surface area contributed by atoms with Crippen LogP contribution in [0.4, 0.5) is 0 Å². The van der Waals surface area contributed by atoms with Gasteiger partial charge in [0.25, 0.3) is 0 Å². The molecule has 0 spiro atoms. The van der Waals surface area contributed by atoms with Gasteiger partial charge in [-0.25, -0.2) is 8.42 Å². The molecule has 1 rings (SSSR count). The summed E-state index contributed by atoms with van der Waals surface area (Å²) in [5, 5.41) is 5.23. The van der Waals surface area contributed by atoms with Gasteiger partial charge in [0.05, 0.1) is 12.1 Å². The number of aliphatic imine (C=N–C) groups is 1. The van der Waals surface area contributed by atoms with Crippen molar-refractivity contribution in [2.75, 3.05) is 12.8 Å². The number of nitrogens with zero attached hydrogens (tertiary/aromatic N) is 1. The molecule has 1 heterocycles. The maximum absolute atomic E-state index is 11.2. The summed E-state index contributed by atoms with van der Waals surface area (Å²) in [5.41, 5.74) is -0.338. The van der Waals surface area contributed by atoms with E-state index in [4.69, 9.17) is 6.42 Å². The minimum absolute atomic E-state index is 0.0918. The zero-order valence-electron chi connectivity index (χ0n) is 11.7. The number of sulfone groups is 1. The average molecular weight is 307 g/mol.